The molecule has 0 amide bonds. The van der Waals surface area contributed by atoms with Crippen LogP contribution in [0.4, 0.5) is 0 Å². The quantitative estimate of drug-likeness (QED) is 0.0571. The summed E-state index contributed by atoms with van der Waals surface area (Å²) in [4.78, 5) is 87.7. The van der Waals surface area contributed by atoms with E-state index in [0.717, 1.165) is 0 Å². The number of benzene rings is 2. The summed E-state index contributed by atoms with van der Waals surface area (Å²) >= 11 is 0. The number of ether oxygens (including phenoxy) is 5. The minimum Gasteiger partial charge on any atom is -0.463 e. The molecule has 0 aliphatic carbocycles. The van der Waals surface area contributed by atoms with E-state index in [0.29, 0.717) is 22.8 Å². The van der Waals surface area contributed by atoms with Crippen molar-refractivity contribution in [2.75, 3.05) is 33.0 Å². The van der Waals surface area contributed by atoms with Gasteiger partial charge in [0.05, 0.1) is 19.1 Å². The van der Waals surface area contributed by atoms with E-state index in [2.05, 4.69) is 14.4 Å². The third kappa shape index (κ3) is 12.5. The minimum atomic E-state index is -1.27. The number of carbonyl (C=O) groups is 5. The first-order valence-electron chi connectivity index (χ1n) is 12.8. The summed E-state index contributed by atoms with van der Waals surface area (Å²) in [7, 11) is 0. The van der Waals surface area contributed by atoms with Crippen LogP contribution in [0.5, 0.6) is 5.75 Å². The Hall–Kier alpha value is -5.55. The van der Waals surface area contributed by atoms with E-state index in [4.69, 9.17) is 18.9 Å². The first-order chi connectivity index (χ1) is 20.8. The van der Waals surface area contributed by atoms with Gasteiger partial charge >= 0.3 is 29.8 Å². The molecular weight excluding hydrogens is 596 g/mol. The summed E-state index contributed by atoms with van der Waals surface area (Å²) < 4.78 is 24.4. The molecule has 0 aromatic heterocycles. The number of hydrogen-bond acceptors (Lipinski definition) is 16. The van der Waals surface area contributed by atoms with E-state index in [1.165, 1.54) is 19.1 Å². The van der Waals surface area contributed by atoms with E-state index in [1.807, 2.05) is 0 Å². The van der Waals surface area contributed by atoms with Gasteiger partial charge in [0.25, 0.3) is 10.2 Å². The second kappa shape index (κ2) is 17.4. The van der Waals surface area contributed by atoms with Gasteiger partial charge in [-0.25, -0.2) is 19.2 Å². The monoisotopic (exact) mass is 624 g/mol. The second-order valence-electron chi connectivity index (χ2n) is 8.79. The molecular formula is C26H28N2O16. The Morgan fingerprint density at radius 2 is 1.34 bits per heavy atom. The maximum Gasteiger partial charge on any atom is 0.349 e. The van der Waals surface area contributed by atoms with Gasteiger partial charge in [-0.05, 0) is 55.2 Å². The average Bonchev–Trinajstić information content (AvgIpc) is 2.98. The molecule has 0 bridgehead atoms. The van der Waals surface area contributed by atoms with E-state index in [1.54, 1.807) is 31.2 Å². The molecule has 2 rings (SSSR count). The second-order valence-corrected chi connectivity index (χ2v) is 8.79. The van der Waals surface area contributed by atoms with Gasteiger partial charge in [-0.15, -0.1) is 20.2 Å². The highest BCUT2D eigenvalue weighted by Crippen LogP contribution is 2.26. The lowest BCUT2D eigenvalue weighted by atomic mass is 9.98. The van der Waals surface area contributed by atoms with Gasteiger partial charge in [-0.3, -0.25) is 4.79 Å². The first-order valence-corrected chi connectivity index (χ1v) is 12.8. The van der Waals surface area contributed by atoms with Crippen molar-refractivity contribution in [3.8, 4) is 5.75 Å². The van der Waals surface area contributed by atoms with Crippen molar-refractivity contribution >= 4 is 40.6 Å². The third-order valence-electron chi connectivity index (χ3n) is 5.51. The number of esters is 5. The number of rotatable bonds is 18. The summed E-state index contributed by atoms with van der Waals surface area (Å²) in [5.74, 6) is -5.29. The predicted molar refractivity (Wildman–Crippen MR) is 142 cm³/mol. The highest BCUT2D eigenvalue weighted by atomic mass is 17.0. The van der Waals surface area contributed by atoms with Crippen molar-refractivity contribution in [1.29, 1.82) is 0 Å². The van der Waals surface area contributed by atoms with Gasteiger partial charge in [-0.1, -0.05) is 24.3 Å². The molecule has 18 nitrogen and oxygen atoms in total. The topological polar surface area (TPSA) is 236 Å². The molecule has 2 atom stereocenters. The molecule has 0 saturated heterocycles. The standard InChI is InChI=1S/C26H28N2O16/c1-16(25(32)40-14-23(30)43-17(2)26(33)38-9-3-4-10-41-27(34)35)18-5-6-20-12-21(8-7-19(20)11-18)44-24(31)13-39-22(29)15-42-28(36)37/h5-8,11-12,16-17H,3-4,9-10,13-15H2,1-2H3. The molecule has 0 aliphatic rings. The van der Waals surface area contributed by atoms with Crippen molar-refractivity contribution in [1.82, 2.24) is 0 Å². The number of hydrogen-bond donors (Lipinski definition) is 0. The fraction of sp³-hybridized carbons (Fsp3) is 0.423. The maximum absolute atomic E-state index is 12.5. The molecule has 0 fully saturated rings. The molecule has 0 spiro atoms. The normalized spacial score (nSPS) is 11.8. The van der Waals surface area contributed by atoms with Gasteiger partial charge in [0.1, 0.15) is 5.75 Å². The molecule has 0 N–H and O–H groups in total. The molecule has 238 valence electrons. The Labute approximate surface area is 248 Å². The zero-order valence-corrected chi connectivity index (χ0v) is 23.5. The lowest BCUT2D eigenvalue weighted by molar-refractivity contribution is -0.757. The summed E-state index contributed by atoms with van der Waals surface area (Å²) in [6, 6.07) is 9.54. The smallest absolute Gasteiger partial charge is 0.349 e. The summed E-state index contributed by atoms with van der Waals surface area (Å²) in [6.45, 7) is 0.107. The highest BCUT2D eigenvalue weighted by Gasteiger charge is 2.23. The Bertz CT molecular complexity index is 1380. The van der Waals surface area contributed by atoms with Gasteiger partial charge in [-0.2, -0.15) is 0 Å². The summed E-state index contributed by atoms with van der Waals surface area (Å²) in [5.41, 5.74) is 0.546. The van der Waals surface area contributed by atoms with Crippen LogP contribution in [-0.4, -0.2) is 79.2 Å². The molecule has 0 aliphatic heterocycles. The molecule has 0 saturated carbocycles. The molecule has 44 heavy (non-hydrogen) atoms. The van der Waals surface area contributed by atoms with Crippen molar-refractivity contribution < 1.29 is 67.5 Å². The lowest BCUT2D eigenvalue weighted by Gasteiger charge is -2.15. The minimum absolute atomic E-state index is 0.0603. The summed E-state index contributed by atoms with van der Waals surface area (Å²) in [6.07, 6.45) is -0.701. The fourth-order valence-electron chi connectivity index (χ4n) is 3.33. The molecule has 2 aromatic rings. The van der Waals surface area contributed by atoms with Gasteiger partial charge in [0.2, 0.25) is 0 Å². The Morgan fingerprint density at radius 1 is 0.705 bits per heavy atom. The maximum atomic E-state index is 12.5. The van der Waals surface area contributed by atoms with Gasteiger partial charge in [0, 0.05) is 0 Å². The Balaban J connectivity index is 1.79. The molecule has 0 heterocycles. The lowest BCUT2D eigenvalue weighted by Crippen LogP contribution is -2.29. The Kier molecular flexibility index (Phi) is 13.7. The highest BCUT2D eigenvalue weighted by molar-refractivity contribution is 5.88. The van der Waals surface area contributed by atoms with Crippen LogP contribution >= 0.6 is 0 Å². The van der Waals surface area contributed by atoms with E-state index in [9.17, 15) is 44.2 Å². The van der Waals surface area contributed by atoms with Crippen LogP contribution in [0.1, 0.15) is 38.2 Å². The van der Waals surface area contributed by atoms with Gasteiger partial charge in [0.15, 0.2) is 25.9 Å². The number of carbonyl (C=O) groups excluding carboxylic acids is 5. The van der Waals surface area contributed by atoms with Crippen LogP contribution in [0.3, 0.4) is 0 Å². The molecule has 0 radical (unpaired) electrons. The van der Waals surface area contributed by atoms with Crippen LogP contribution in [0.2, 0.25) is 0 Å². The van der Waals surface area contributed by atoms with E-state index >= 15 is 0 Å². The third-order valence-corrected chi connectivity index (χ3v) is 5.51. The molecule has 2 aromatic carbocycles. The number of unbranched alkanes of at least 4 members (excludes halogenated alkanes) is 1. The van der Waals surface area contributed by atoms with Crippen molar-refractivity contribution in [2.45, 2.75) is 38.7 Å². The molecule has 18 heteroatoms. The summed E-state index contributed by atoms with van der Waals surface area (Å²) in [5, 5.41) is 19.3. The fourth-order valence-corrected chi connectivity index (χ4v) is 3.33. The van der Waals surface area contributed by atoms with Crippen LogP contribution < -0.4 is 4.74 Å². The zero-order chi connectivity index (χ0) is 32.6. The number of fused-ring (bicyclic) bond motifs is 1. The van der Waals surface area contributed by atoms with E-state index < -0.39 is 71.9 Å². The van der Waals surface area contributed by atoms with Gasteiger partial charge < -0.3 is 33.4 Å². The predicted octanol–water partition coefficient (Wildman–Crippen LogP) is 1.61. The van der Waals surface area contributed by atoms with Crippen LogP contribution in [0, 0.1) is 20.2 Å². The van der Waals surface area contributed by atoms with Crippen molar-refractivity contribution in [3.05, 3.63) is 62.2 Å². The number of nitrogens with zero attached hydrogens (tertiary/aromatic N) is 2. The first kappa shape index (κ1) is 34.7. The van der Waals surface area contributed by atoms with Crippen molar-refractivity contribution in [2.24, 2.45) is 0 Å². The molecule has 2 unspecified atom stereocenters. The van der Waals surface area contributed by atoms with E-state index in [-0.39, 0.29) is 25.4 Å². The van der Waals surface area contributed by atoms with Crippen LogP contribution in [0.25, 0.3) is 10.8 Å². The average molecular weight is 625 g/mol. The largest absolute Gasteiger partial charge is 0.463 e. The SMILES string of the molecule is CC(OC(=O)COC(=O)C(C)c1ccc2cc(OC(=O)COC(=O)CO[N+](=O)[O-])ccc2c1)C(=O)OCCCCO[N+](=O)[O-]. The van der Waals surface area contributed by atoms with Crippen molar-refractivity contribution in [3.63, 3.8) is 0 Å². The van der Waals surface area contributed by atoms with Crippen LogP contribution in [-0.2, 0) is 52.6 Å². The zero-order valence-electron chi connectivity index (χ0n) is 23.5. The Morgan fingerprint density at radius 3 is 2.05 bits per heavy atom. The van der Waals surface area contributed by atoms with Crippen LogP contribution in [0.15, 0.2) is 36.4 Å².